The van der Waals surface area contributed by atoms with Crippen LogP contribution >= 0.6 is 11.3 Å². The van der Waals surface area contributed by atoms with Crippen molar-refractivity contribution in [3.05, 3.63) is 22.4 Å². The van der Waals surface area contributed by atoms with Gasteiger partial charge in [-0.15, -0.1) is 11.3 Å². The van der Waals surface area contributed by atoms with Crippen molar-refractivity contribution in [2.24, 2.45) is 0 Å². The Bertz CT molecular complexity index is 313. The summed E-state index contributed by atoms with van der Waals surface area (Å²) in [5.41, 5.74) is 0. The van der Waals surface area contributed by atoms with Gasteiger partial charge in [-0.25, -0.2) is 0 Å². The number of carboxylic acid groups (broad SMARTS) is 1. The zero-order valence-corrected chi connectivity index (χ0v) is 10.1. The maximum atomic E-state index is 10.4. The van der Waals surface area contributed by atoms with Gasteiger partial charge in [-0.3, -0.25) is 4.79 Å². The van der Waals surface area contributed by atoms with E-state index in [1.54, 1.807) is 11.3 Å². The second-order valence-corrected chi connectivity index (χ2v) is 4.88. The summed E-state index contributed by atoms with van der Waals surface area (Å²) in [6.07, 6.45) is -0.0389. The number of nitrogens with zero attached hydrogens (tertiary/aromatic N) is 1. The summed E-state index contributed by atoms with van der Waals surface area (Å²) in [5.74, 6) is -0.959. The van der Waals surface area contributed by atoms with E-state index in [1.165, 1.54) is 4.88 Å². The summed E-state index contributed by atoms with van der Waals surface area (Å²) in [6, 6.07) is 4.09. The molecule has 0 aromatic carbocycles. The summed E-state index contributed by atoms with van der Waals surface area (Å²) in [5, 5.41) is 20.0. The lowest BCUT2D eigenvalue weighted by Gasteiger charge is -2.19. The van der Waals surface area contributed by atoms with Gasteiger partial charge >= 0.3 is 5.97 Å². The van der Waals surface area contributed by atoms with Crippen molar-refractivity contribution in [3.63, 3.8) is 0 Å². The molecule has 1 aromatic heterocycles. The monoisotopic (exact) mass is 243 g/mol. The molecule has 0 aliphatic carbocycles. The van der Waals surface area contributed by atoms with Crippen LogP contribution in [0.1, 0.15) is 11.3 Å². The Kier molecular flexibility index (Phi) is 5.45. The highest BCUT2D eigenvalue weighted by Gasteiger charge is 2.11. The highest BCUT2D eigenvalue weighted by molar-refractivity contribution is 7.09. The van der Waals surface area contributed by atoms with Crippen molar-refractivity contribution < 1.29 is 15.0 Å². The molecule has 0 bridgehead atoms. The molecule has 0 amide bonds. The van der Waals surface area contributed by atoms with Gasteiger partial charge in [-0.1, -0.05) is 6.07 Å². The lowest BCUT2D eigenvalue weighted by molar-refractivity contribution is -0.139. The molecule has 0 saturated carbocycles. The number of hydrogen-bond acceptors (Lipinski definition) is 4. The molecule has 0 aliphatic heterocycles. The number of rotatable bonds is 7. The predicted octanol–water partition coefficient (Wildman–Crippen LogP) is 1.06. The van der Waals surface area contributed by atoms with Gasteiger partial charge in [0.05, 0.1) is 12.5 Å². The molecule has 0 fully saturated rings. The largest absolute Gasteiger partial charge is 0.481 e. The minimum atomic E-state index is -0.959. The smallest absolute Gasteiger partial charge is 0.306 e. The molecular weight excluding hydrogens is 226 g/mol. The van der Waals surface area contributed by atoms with E-state index in [2.05, 4.69) is 6.07 Å². The van der Waals surface area contributed by atoms with Crippen molar-refractivity contribution >= 4 is 17.3 Å². The first-order valence-corrected chi connectivity index (χ1v) is 6.06. The van der Waals surface area contributed by atoms with Gasteiger partial charge in [0.1, 0.15) is 0 Å². The van der Waals surface area contributed by atoms with Crippen LogP contribution in [0.4, 0.5) is 0 Å². The molecule has 1 unspecified atom stereocenters. The fourth-order valence-corrected chi connectivity index (χ4v) is 2.17. The van der Waals surface area contributed by atoms with Crippen LogP contribution in [-0.2, 0) is 11.2 Å². The third-order valence-corrected chi connectivity index (χ3v) is 3.19. The number of likely N-dealkylation sites (N-methyl/N-ethyl adjacent to an activating group) is 1. The van der Waals surface area contributed by atoms with Gasteiger partial charge in [0.2, 0.25) is 0 Å². The number of hydrogen-bond donors (Lipinski definition) is 2. The van der Waals surface area contributed by atoms with Crippen LogP contribution in [0.5, 0.6) is 0 Å². The van der Waals surface area contributed by atoms with E-state index in [4.69, 9.17) is 5.11 Å². The van der Waals surface area contributed by atoms with Crippen LogP contribution in [0.2, 0.25) is 0 Å². The number of aliphatic carboxylic acids is 1. The van der Waals surface area contributed by atoms with Crippen LogP contribution in [-0.4, -0.2) is 47.3 Å². The summed E-state index contributed by atoms with van der Waals surface area (Å²) in [6.45, 7) is 1.23. The van der Waals surface area contributed by atoms with E-state index in [-0.39, 0.29) is 6.42 Å². The molecule has 1 atom stereocenters. The first-order chi connectivity index (χ1) is 7.58. The summed E-state index contributed by atoms with van der Waals surface area (Å²) in [7, 11) is 1.89. The molecule has 90 valence electrons. The minimum Gasteiger partial charge on any atom is -0.481 e. The van der Waals surface area contributed by atoms with Crippen molar-refractivity contribution in [2.45, 2.75) is 18.9 Å². The van der Waals surface area contributed by atoms with Gasteiger partial charge in [-0.2, -0.15) is 0 Å². The van der Waals surface area contributed by atoms with Crippen molar-refractivity contribution in [1.82, 2.24) is 4.90 Å². The summed E-state index contributed by atoms with van der Waals surface area (Å²) in [4.78, 5) is 13.6. The molecule has 0 saturated heterocycles. The van der Waals surface area contributed by atoms with Crippen molar-refractivity contribution in [1.29, 1.82) is 0 Å². The number of carboxylic acids is 1. The maximum absolute atomic E-state index is 10.4. The Morgan fingerprint density at radius 1 is 1.62 bits per heavy atom. The Hall–Kier alpha value is -0.910. The molecule has 5 heteroatoms. The predicted molar refractivity (Wildman–Crippen MR) is 63.8 cm³/mol. The quantitative estimate of drug-likeness (QED) is 0.751. The number of thiophene rings is 1. The van der Waals surface area contributed by atoms with Crippen LogP contribution in [0.25, 0.3) is 0 Å². The zero-order valence-electron chi connectivity index (χ0n) is 9.30. The van der Waals surface area contributed by atoms with Crippen LogP contribution in [0.3, 0.4) is 0 Å². The van der Waals surface area contributed by atoms with Crippen LogP contribution in [0.15, 0.2) is 17.5 Å². The summed E-state index contributed by atoms with van der Waals surface area (Å²) < 4.78 is 0. The van der Waals surface area contributed by atoms with E-state index in [9.17, 15) is 9.90 Å². The first-order valence-electron chi connectivity index (χ1n) is 5.18. The fraction of sp³-hybridized carbons (Fsp3) is 0.545. The van der Waals surface area contributed by atoms with Crippen LogP contribution < -0.4 is 0 Å². The Labute approximate surface area is 99.1 Å². The Balaban J connectivity index is 2.20. The maximum Gasteiger partial charge on any atom is 0.306 e. The molecule has 0 radical (unpaired) electrons. The zero-order chi connectivity index (χ0) is 12.0. The average Bonchev–Trinajstić information content (AvgIpc) is 2.65. The summed E-state index contributed by atoms with van der Waals surface area (Å²) >= 11 is 1.71. The highest BCUT2D eigenvalue weighted by atomic mass is 32.1. The van der Waals surface area contributed by atoms with Gasteiger partial charge in [-0.05, 0) is 24.9 Å². The van der Waals surface area contributed by atoms with Gasteiger partial charge < -0.3 is 15.1 Å². The normalized spacial score (nSPS) is 12.9. The van der Waals surface area contributed by atoms with Gasteiger partial charge in [0, 0.05) is 18.0 Å². The third kappa shape index (κ3) is 5.25. The second-order valence-electron chi connectivity index (χ2n) is 3.84. The first kappa shape index (κ1) is 13.2. The van der Waals surface area contributed by atoms with Crippen molar-refractivity contribution in [2.75, 3.05) is 20.1 Å². The highest BCUT2D eigenvalue weighted by Crippen LogP contribution is 2.09. The van der Waals surface area contributed by atoms with E-state index >= 15 is 0 Å². The molecule has 4 nitrogen and oxygen atoms in total. The Morgan fingerprint density at radius 2 is 2.38 bits per heavy atom. The second kappa shape index (κ2) is 6.62. The number of carbonyl (C=O) groups is 1. The SMILES string of the molecule is CN(CCc1cccs1)CC(O)CC(=O)O. The van der Waals surface area contributed by atoms with E-state index in [0.717, 1.165) is 13.0 Å². The van der Waals surface area contributed by atoms with E-state index in [1.807, 2.05) is 23.4 Å². The number of aliphatic hydroxyl groups excluding tert-OH is 1. The molecule has 16 heavy (non-hydrogen) atoms. The van der Waals surface area contributed by atoms with E-state index in [0.29, 0.717) is 6.54 Å². The molecule has 0 spiro atoms. The number of aliphatic hydroxyl groups is 1. The molecule has 1 heterocycles. The molecule has 1 rings (SSSR count). The lowest BCUT2D eigenvalue weighted by Crippen LogP contribution is -2.32. The topological polar surface area (TPSA) is 60.8 Å². The minimum absolute atomic E-state index is 0.191. The van der Waals surface area contributed by atoms with Crippen LogP contribution in [0, 0.1) is 0 Å². The Morgan fingerprint density at radius 3 is 2.94 bits per heavy atom. The van der Waals surface area contributed by atoms with Gasteiger partial charge in [0.15, 0.2) is 0 Å². The standard InChI is InChI=1S/C11H17NO3S/c1-12(8-9(13)7-11(14)15)5-4-10-3-2-6-16-10/h2-3,6,9,13H,4-5,7-8H2,1H3,(H,14,15). The van der Waals surface area contributed by atoms with E-state index < -0.39 is 12.1 Å². The van der Waals surface area contributed by atoms with Crippen molar-refractivity contribution in [3.8, 4) is 0 Å². The fourth-order valence-electron chi connectivity index (χ4n) is 1.47. The molecular formula is C11H17NO3S. The average molecular weight is 243 g/mol. The molecule has 2 N–H and O–H groups in total. The van der Waals surface area contributed by atoms with Gasteiger partial charge in [0.25, 0.3) is 0 Å². The third-order valence-electron chi connectivity index (χ3n) is 2.25. The molecule has 1 aromatic rings. The lowest BCUT2D eigenvalue weighted by atomic mass is 10.2. The molecule has 0 aliphatic rings.